The van der Waals surface area contributed by atoms with Gasteiger partial charge in [0.2, 0.25) is 17.7 Å². The molecule has 41 heavy (non-hydrogen) atoms. The Balaban J connectivity index is 1.29. The number of amides is 3. The standard InChI is InChI=1S/C32H36FN3O5/c1-3-40-23-14-12-22(13-15-23)34-29(37)26-25-16-17-32(41-25)27(26)31(39)36(18-20-8-10-21(33)11-9-20)28(32)30(38)35-24-7-5-4-6-19(24)2/h8-17,19,24-28H,3-7,18H2,1-2H3,(H,34,37)(H,35,38)/t19?,24?,25-,26?,27-,28?,32?/m0/s1. The molecule has 9 heteroatoms. The van der Waals surface area contributed by atoms with Crippen LogP contribution in [0.15, 0.2) is 60.7 Å². The van der Waals surface area contributed by atoms with Gasteiger partial charge in [0.05, 0.1) is 24.5 Å². The third-order valence-electron chi connectivity index (χ3n) is 9.06. The van der Waals surface area contributed by atoms with E-state index in [0.29, 0.717) is 29.5 Å². The lowest BCUT2D eigenvalue weighted by molar-refractivity contribution is -0.142. The fourth-order valence-corrected chi connectivity index (χ4v) is 7.04. The molecule has 0 radical (unpaired) electrons. The summed E-state index contributed by atoms with van der Waals surface area (Å²) >= 11 is 0. The second kappa shape index (κ2) is 10.9. The molecule has 3 fully saturated rings. The lowest BCUT2D eigenvalue weighted by Gasteiger charge is -2.36. The van der Waals surface area contributed by atoms with Gasteiger partial charge in [-0.05, 0) is 67.6 Å². The van der Waals surface area contributed by atoms with E-state index in [1.54, 1.807) is 48.6 Å². The van der Waals surface area contributed by atoms with Crippen LogP contribution in [0, 0.1) is 23.6 Å². The minimum absolute atomic E-state index is 0.0100. The highest BCUT2D eigenvalue weighted by molar-refractivity contribution is 6.02. The van der Waals surface area contributed by atoms with E-state index < -0.39 is 29.6 Å². The highest BCUT2D eigenvalue weighted by atomic mass is 19.1. The summed E-state index contributed by atoms with van der Waals surface area (Å²) in [5, 5.41) is 6.16. The molecule has 2 N–H and O–H groups in total. The topological polar surface area (TPSA) is 97.0 Å². The minimum atomic E-state index is -1.26. The molecule has 2 bridgehead atoms. The number of halogens is 1. The van der Waals surface area contributed by atoms with Crippen molar-refractivity contribution in [2.24, 2.45) is 17.8 Å². The number of hydrogen-bond donors (Lipinski definition) is 2. The van der Waals surface area contributed by atoms with Crippen LogP contribution in [0.25, 0.3) is 0 Å². The van der Waals surface area contributed by atoms with Crippen molar-refractivity contribution in [3.05, 3.63) is 72.1 Å². The number of ether oxygens (including phenoxy) is 2. The van der Waals surface area contributed by atoms with Crippen LogP contribution in [0.1, 0.15) is 45.1 Å². The van der Waals surface area contributed by atoms with E-state index in [2.05, 4.69) is 17.6 Å². The van der Waals surface area contributed by atoms with E-state index in [4.69, 9.17) is 9.47 Å². The Morgan fingerprint density at radius 1 is 1.07 bits per heavy atom. The predicted molar refractivity (Wildman–Crippen MR) is 150 cm³/mol. The molecule has 7 atom stereocenters. The Morgan fingerprint density at radius 2 is 1.80 bits per heavy atom. The van der Waals surface area contributed by atoms with Crippen molar-refractivity contribution in [3.8, 4) is 5.75 Å². The van der Waals surface area contributed by atoms with Gasteiger partial charge in [-0.25, -0.2) is 4.39 Å². The first kappa shape index (κ1) is 27.4. The molecule has 3 aliphatic heterocycles. The van der Waals surface area contributed by atoms with Gasteiger partial charge < -0.3 is 25.0 Å². The van der Waals surface area contributed by atoms with E-state index in [-0.39, 0.29) is 36.1 Å². The quantitative estimate of drug-likeness (QED) is 0.471. The molecule has 6 rings (SSSR count). The summed E-state index contributed by atoms with van der Waals surface area (Å²) in [6.45, 7) is 4.67. The molecule has 0 aromatic heterocycles. The monoisotopic (exact) mass is 561 g/mol. The Bertz CT molecular complexity index is 1350. The Morgan fingerprint density at radius 3 is 2.51 bits per heavy atom. The van der Waals surface area contributed by atoms with Crippen LogP contribution < -0.4 is 15.4 Å². The number of carbonyl (C=O) groups is 3. The maximum absolute atomic E-state index is 14.2. The molecular weight excluding hydrogens is 525 g/mol. The summed E-state index contributed by atoms with van der Waals surface area (Å²) in [7, 11) is 0. The van der Waals surface area contributed by atoms with Crippen LogP contribution in [0.4, 0.5) is 10.1 Å². The first-order valence-corrected chi connectivity index (χ1v) is 14.6. The zero-order valence-electron chi connectivity index (χ0n) is 23.3. The van der Waals surface area contributed by atoms with Gasteiger partial charge in [0, 0.05) is 18.3 Å². The molecule has 2 aromatic carbocycles. The number of likely N-dealkylation sites (tertiary alicyclic amines) is 1. The normalized spacial score (nSPS) is 31.7. The van der Waals surface area contributed by atoms with Gasteiger partial charge in [0.15, 0.2) is 0 Å². The second-order valence-corrected chi connectivity index (χ2v) is 11.6. The van der Waals surface area contributed by atoms with Gasteiger partial charge in [0.25, 0.3) is 0 Å². The molecule has 4 aliphatic rings. The molecule has 3 amide bonds. The first-order chi connectivity index (χ1) is 19.8. The molecule has 1 saturated carbocycles. The minimum Gasteiger partial charge on any atom is -0.494 e. The number of nitrogens with one attached hydrogen (secondary N) is 2. The van der Waals surface area contributed by atoms with E-state index in [0.717, 1.165) is 25.7 Å². The molecule has 216 valence electrons. The lowest BCUT2D eigenvalue weighted by Crippen LogP contribution is -2.57. The molecule has 5 unspecified atom stereocenters. The van der Waals surface area contributed by atoms with Gasteiger partial charge in [-0.3, -0.25) is 14.4 Å². The van der Waals surface area contributed by atoms with Gasteiger partial charge in [-0.15, -0.1) is 0 Å². The van der Waals surface area contributed by atoms with Crippen LogP contribution in [0.5, 0.6) is 5.75 Å². The molecule has 3 heterocycles. The van der Waals surface area contributed by atoms with E-state index in [1.807, 2.05) is 6.92 Å². The Kier molecular flexibility index (Phi) is 7.32. The third-order valence-corrected chi connectivity index (χ3v) is 9.06. The SMILES string of the molecule is CCOc1ccc(NC(=O)C2[C@@H]3C=CC4(O3)C(C(=O)NC3CCCCC3C)N(Cc3ccc(F)cc3)C(=O)[C@H]24)cc1. The lowest BCUT2D eigenvalue weighted by atomic mass is 9.74. The van der Waals surface area contributed by atoms with Gasteiger partial charge in [-0.1, -0.05) is 44.1 Å². The second-order valence-electron chi connectivity index (χ2n) is 11.6. The molecule has 1 aliphatic carbocycles. The van der Waals surface area contributed by atoms with Gasteiger partial charge in [-0.2, -0.15) is 0 Å². The summed E-state index contributed by atoms with van der Waals surface area (Å²) in [4.78, 5) is 43.4. The van der Waals surface area contributed by atoms with Crippen molar-refractivity contribution in [1.29, 1.82) is 0 Å². The van der Waals surface area contributed by atoms with E-state index >= 15 is 0 Å². The number of nitrogens with zero attached hydrogens (tertiary/aromatic N) is 1. The third kappa shape index (κ3) is 4.90. The smallest absolute Gasteiger partial charge is 0.246 e. The van der Waals surface area contributed by atoms with E-state index in [1.165, 1.54) is 17.0 Å². The van der Waals surface area contributed by atoms with Gasteiger partial charge >= 0.3 is 0 Å². The van der Waals surface area contributed by atoms with Crippen molar-refractivity contribution in [1.82, 2.24) is 10.2 Å². The number of hydrogen-bond acceptors (Lipinski definition) is 5. The summed E-state index contributed by atoms with van der Waals surface area (Å²) < 4.78 is 25.6. The van der Waals surface area contributed by atoms with Crippen molar-refractivity contribution in [2.45, 2.75) is 69.9 Å². The summed E-state index contributed by atoms with van der Waals surface area (Å²) in [5.74, 6) is -1.96. The summed E-state index contributed by atoms with van der Waals surface area (Å²) in [6.07, 6.45) is 7.08. The highest BCUT2D eigenvalue weighted by Gasteiger charge is 2.72. The van der Waals surface area contributed by atoms with Crippen LogP contribution in [-0.2, 0) is 25.7 Å². The first-order valence-electron chi connectivity index (χ1n) is 14.6. The number of anilines is 1. The molecule has 2 saturated heterocycles. The van der Waals surface area contributed by atoms with Crippen molar-refractivity contribution < 1.29 is 28.2 Å². The molecule has 2 aromatic rings. The summed E-state index contributed by atoms with van der Waals surface area (Å²) in [5.41, 5.74) is 0.00671. The zero-order valence-corrected chi connectivity index (χ0v) is 23.3. The highest BCUT2D eigenvalue weighted by Crippen LogP contribution is 2.55. The largest absolute Gasteiger partial charge is 0.494 e. The molecule has 8 nitrogen and oxygen atoms in total. The summed E-state index contributed by atoms with van der Waals surface area (Å²) in [6, 6.07) is 12.0. The number of benzene rings is 2. The Labute approximate surface area is 239 Å². The number of rotatable bonds is 8. The number of carbonyl (C=O) groups excluding carboxylic acids is 3. The van der Waals surface area contributed by atoms with Crippen LogP contribution >= 0.6 is 0 Å². The average Bonchev–Trinajstić information content (AvgIpc) is 3.60. The fourth-order valence-electron chi connectivity index (χ4n) is 7.04. The molecule has 1 spiro atoms. The maximum Gasteiger partial charge on any atom is 0.246 e. The van der Waals surface area contributed by atoms with Gasteiger partial charge in [0.1, 0.15) is 23.2 Å². The van der Waals surface area contributed by atoms with Crippen molar-refractivity contribution in [2.75, 3.05) is 11.9 Å². The average molecular weight is 562 g/mol. The van der Waals surface area contributed by atoms with Crippen molar-refractivity contribution in [3.63, 3.8) is 0 Å². The van der Waals surface area contributed by atoms with Crippen LogP contribution in [-0.4, -0.2) is 53.0 Å². The van der Waals surface area contributed by atoms with Crippen LogP contribution in [0.3, 0.4) is 0 Å². The molecular formula is C32H36FN3O5. The zero-order chi connectivity index (χ0) is 28.7. The fraction of sp³-hybridized carbons (Fsp3) is 0.469. The number of fused-ring (bicyclic) bond motifs is 1. The maximum atomic E-state index is 14.2. The van der Waals surface area contributed by atoms with Crippen LogP contribution in [0.2, 0.25) is 0 Å². The Hall–Kier alpha value is -3.72. The van der Waals surface area contributed by atoms with Crippen molar-refractivity contribution >= 4 is 23.4 Å². The predicted octanol–water partition coefficient (Wildman–Crippen LogP) is 4.21. The van der Waals surface area contributed by atoms with E-state index in [9.17, 15) is 18.8 Å².